The van der Waals surface area contributed by atoms with Crippen LogP contribution in [0.2, 0.25) is 0 Å². The van der Waals surface area contributed by atoms with E-state index < -0.39 is 0 Å². The smallest absolute Gasteiger partial charge is 0.231 e. The first-order valence-electron chi connectivity index (χ1n) is 9.52. The van der Waals surface area contributed by atoms with Crippen LogP contribution >= 0.6 is 24.8 Å². The number of ether oxygens (including phenoxy) is 1. The number of carbonyl (C=O) groups excluding carboxylic acids is 1. The molecule has 156 valence electrons. The van der Waals surface area contributed by atoms with Crippen molar-refractivity contribution >= 4 is 36.4 Å². The third-order valence-corrected chi connectivity index (χ3v) is 5.85. The number of hydrogen-bond donors (Lipinski definition) is 1. The van der Waals surface area contributed by atoms with Gasteiger partial charge in [0.1, 0.15) is 5.82 Å². The molecule has 9 heteroatoms. The topological polar surface area (TPSA) is 71.8 Å². The predicted molar refractivity (Wildman–Crippen MR) is 112 cm³/mol. The molecule has 1 unspecified atom stereocenters. The number of methoxy groups -OCH3 is 1. The number of pyridine rings is 1. The first kappa shape index (κ1) is 22.9. The van der Waals surface area contributed by atoms with Gasteiger partial charge in [0.25, 0.3) is 0 Å². The van der Waals surface area contributed by atoms with Gasteiger partial charge in [-0.05, 0) is 50.9 Å². The van der Waals surface area contributed by atoms with Crippen molar-refractivity contribution in [3.63, 3.8) is 0 Å². The monoisotopic (exact) mass is 429 g/mol. The van der Waals surface area contributed by atoms with Gasteiger partial charge in [0, 0.05) is 32.3 Å². The summed E-state index contributed by atoms with van der Waals surface area (Å²) >= 11 is 0. The van der Waals surface area contributed by atoms with Crippen LogP contribution in [0, 0.1) is 5.41 Å². The number of aromatic nitrogens is 3. The van der Waals surface area contributed by atoms with Gasteiger partial charge in [-0.25, -0.2) is 0 Å². The van der Waals surface area contributed by atoms with Crippen molar-refractivity contribution in [1.29, 1.82) is 0 Å². The van der Waals surface area contributed by atoms with E-state index in [-0.39, 0.29) is 42.1 Å². The lowest BCUT2D eigenvalue weighted by molar-refractivity contribution is -0.149. The molecule has 2 saturated heterocycles. The average Bonchev–Trinajstić information content (AvgIpc) is 3.13. The molecule has 0 radical (unpaired) electrons. The Balaban J connectivity index is 0.00000140. The lowest BCUT2D eigenvalue weighted by Gasteiger charge is -2.42. The van der Waals surface area contributed by atoms with Crippen LogP contribution in [0.3, 0.4) is 0 Å². The fourth-order valence-corrected chi connectivity index (χ4v) is 4.45. The van der Waals surface area contributed by atoms with Crippen molar-refractivity contribution in [3.8, 4) is 0 Å². The van der Waals surface area contributed by atoms with Crippen molar-refractivity contribution in [2.75, 3.05) is 39.9 Å². The molecule has 2 fully saturated rings. The van der Waals surface area contributed by atoms with Crippen LogP contribution in [0.5, 0.6) is 0 Å². The molecular weight excluding hydrogens is 401 g/mol. The van der Waals surface area contributed by atoms with E-state index in [1.807, 2.05) is 33.7 Å². The molecule has 0 aromatic carbocycles. The van der Waals surface area contributed by atoms with Crippen LogP contribution in [0.25, 0.3) is 5.65 Å². The predicted octanol–water partition coefficient (Wildman–Crippen LogP) is 2.30. The minimum absolute atomic E-state index is 0. The molecule has 2 aromatic rings. The first-order chi connectivity index (χ1) is 12.7. The number of nitrogens with one attached hydrogen (secondary N) is 1. The molecular formula is C19H29Cl2N5O2. The fourth-order valence-electron chi connectivity index (χ4n) is 4.45. The number of likely N-dealkylation sites (tertiary alicyclic amines) is 1. The summed E-state index contributed by atoms with van der Waals surface area (Å²) < 4.78 is 7.50. The van der Waals surface area contributed by atoms with E-state index in [0.29, 0.717) is 13.2 Å². The number of rotatable bonds is 4. The number of carbonyl (C=O) groups is 1. The van der Waals surface area contributed by atoms with E-state index in [1.165, 1.54) is 0 Å². The number of halogens is 2. The average molecular weight is 430 g/mol. The highest BCUT2D eigenvalue weighted by Crippen LogP contribution is 2.35. The Morgan fingerprint density at radius 1 is 1.29 bits per heavy atom. The van der Waals surface area contributed by atoms with Crippen LogP contribution in [-0.4, -0.2) is 65.3 Å². The molecule has 2 aliphatic heterocycles. The second kappa shape index (κ2) is 9.87. The normalized spacial score (nSPS) is 21.6. The zero-order valence-electron chi connectivity index (χ0n) is 16.2. The van der Waals surface area contributed by atoms with Crippen molar-refractivity contribution in [3.05, 3.63) is 30.2 Å². The molecule has 28 heavy (non-hydrogen) atoms. The molecule has 1 amide bonds. The maximum atomic E-state index is 13.4. The summed E-state index contributed by atoms with van der Waals surface area (Å²) in [5, 5.41) is 12.1. The Morgan fingerprint density at radius 3 is 2.82 bits per heavy atom. The molecule has 2 aliphatic rings. The van der Waals surface area contributed by atoms with Gasteiger partial charge in [0.2, 0.25) is 5.91 Å². The second-order valence-corrected chi connectivity index (χ2v) is 7.54. The van der Waals surface area contributed by atoms with Crippen molar-refractivity contribution < 1.29 is 9.53 Å². The molecule has 0 bridgehead atoms. The van der Waals surface area contributed by atoms with Gasteiger partial charge < -0.3 is 15.0 Å². The number of piperidine rings is 2. The van der Waals surface area contributed by atoms with E-state index >= 15 is 0 Å². The lowest BCUT2D eigenvalue weighted by Crippen LogP contribution is -2.53. The van der Waals surface area contributed by atoms with Crippen molar-refractivity contribution in [1.82, 2.24) is 24.8 Å². The molecule has 4 heterocycles. The van der Waals surface area contributed by atoms with Gasteiger partial charge in [-0.2, -0.15) is 0 Å². The quantitative estimate of drug-likeness (QED) is 0.806. The Kier molecular flexibility index (Phi) is 8.07. The van der Waals surface area contributed by atoms with Crippen molar-refractivity contribution in [2.24, 2.45) is 5.41 Å². The largest absolute Gasteiger partial charge is 0.384 e. The number of fused-ring (bicyclic) bond motifs is 1. The molecule has 4 rings (SSSR count). The molecule has 0 spiro atoms. The molecule has 0 aliphatic carbocycles. The van der Waals surface area contributed by atoms with Crippen LogP contribution < -0.4 is 5.32 Å². The molecule has 1 N–H and O–H groups in total. The van der Waals surface area contributed by atoms with Crippen LogP contribution in [0.4, 0.5) is 0 Å². The maximum absolute atomic E-state index is 13.4. The summed E-state index contributed by atoms with van der Waals surface area (Å²) in [7, 11) is 1.69. The lowest BCUT2D eigenvalue weighted by atomic mass is 9.77. The number of nitrogens with zero attached hydrogens (tertiary/aromatic N) is 4. The summed E-state index contributed by atoms with van der Waals surface area (Å²) in [6, 6.07) is 5.93. The zero-order valence-corrected chi connectivity index (χ0v) is 17.8. The Morgan fingerprint density at radius 2 is 2.07 bits per heavy atom. The van der Waals surface area contributed by atoms with Crippen molar-refractivity contribution in [2.45, 2.75) is 31.6 Å². The SMILES string of the molecule is COCC1(C(=O)N2CCCC(c3nnc4ccccn34)C2)CCNCC1.Cl.Cl. The van der Waals surface area contributed by atoms with Crippen LogP contribution in [0.1, 0.15) is 37.4 Å². The minimum atomic E-state index is -0.380. The van der Waals surface area contributed by atoms with E-state index in [9.17, 15) is 4.79 Å². The van der Waals surface area contributed by atoms with Gasteiger partial charge >= 0.3 is 0 Å². The fraction of sp³-hybridized carbons (Fsp3) is 0.632. The standard InChI is InChI=1S/C19H27N5O2.2ClH/c1-26-14-19(7-9-20-10-8-19)18(25)23-11-4-5-15(13-23)17-22-21-16-6-2-3-12-24(16)17;;/h2-3,6,12,15,20H,4-5,7-11,13-14H2,1H3;2*1H. The van der Waals surface area contributed by atoms with Gasteiger partial charge in [-0.1, -0.05) is 6.07 Å². The second-order valence-electron chi connectivity index (χ2n) is 7.54. The Hall–Kier alpha value is -1.41. The summed E-state index contributed by atoms with van der Waals surface area (Å²) in [6.45, 7) is 3.79. The highest BCUT2D eigenvalue weighted by molar-refractivity contribution is 5.85. The first-order valence-corrected chi connectivity index (χ1v) is 9.52. The molecule has 1 atom stereocenters. The van der Waals surface area contributed by atoms with E-state index in [2.05, 4.69) is 15.5 Å². The molecule has 0 saturated carbocycles. The Bertz CT molecular complexity index is 773. The van der Waals surface area contributed by atoms with Gasteiger partial charge in [-0.3, -0.25) is 9.20 Å². The summed E-state index contributed by atoms with van der Waals surface area (Å²) in [6.07, 6.45) is 5.73. The molecule has 2 aromatic heterocycles. The van der Waals surface area contributed by atoms with Gasteiger partial charge in [0.15, 0.2) is 5.65 Å². The number of hydrogen-bond acceptors (Lipinski definition) is 5. The third kappa shape index (κ3) is 4.27. The van der Waals surface area contributed by atoms with E-state index in [4.69, 9.17) is 4.74 Å². The summed E-state index contributed by atoms with van der Waals surface area (Å²) in [5.41, 5.74) is 0.481. The number of amides is 1. The zero-order chi connectivity index (χ0) is 18.0. The van der Waals surface area contributed by atoms with Gasteiger partial charge in [0.05, 0.1) is 12.0 Å². The van der Waals surface area contributed by atoms with E-state index in [1.54, 1.807) is 7.11 Å². The summed E-state index contributed by atoms with van der Waals surface area (Å²) in [4.78, 5) is 15.5. The van der Waals surface area contributed by atoms with E-state index in [0.717, 1.165) is 56.8 Å². The van der Waals surface area contributed by atoms with Crippen LogP contribution in [0.15, 0.2) is 24.4 Å². The molecule has 7 nitrogen and oxygen atoms in total. The highest BCUT2D eigenvalue weighted by Gasteiger charge is 2.43. The van der Waals surface area contributed by atoms with Crippen LogP contribution in [-0.2, 0) is 9.53 Å². The van der Waals surface area contributed by atoms with Gasteiger partial charge in [-0.15, -0.1) is 35.0 Å². The third-order valence-electron chi connectivity index (χ3n) is 5.85. The summed E-state index contributed by atoms with van der Waals surface area (Å²) in [5.74, 6) is 1.44. The maximum Gasteiger partial charge on any atom is 0.231 e. The highest BCUT2D eigenvalue weighted by atomic mass is 35.5. The Labute approximate surface area is 178 Å². The minimum Gasteiger partial charge on any atom is -0.384 e.